The molecular weight excluding hydrogens is 272 g/mol. The van der Waals surface area contributed by atoms with Crippen LogP contribution in [0.25, 0.3) is 0 Å². The van der Waals surface area contributed by atoms with Crippen LogP contribution >= 0.6 is 24.0 Å². The molecule has 0 spiro atoms. The smallest absolute Gasteiger partial charge is 0.241 e. The van der Waals surface area contributed by atoms with Gasteiger partial charge in [-0.05, 0) is 6.92 Å². The van der Waals surface area contributed by atoms with Gasteiger partial charge in [0.25, 0.3) is 0 Å². The minimum atomic E-state index is -0.115. The van der Waals surface area contributed by atoms with Gasteiger partial charge in [0.2, 0.25) is 11.8 Å². The molecule has 0 aromatic rings. The number of ether oxygens (including phenoxy) is 1. The molecule has 2 heterocycles. The van der Waals surface area contributed by atoms with E-state index in [1.165, 1.54) is 11.8 Å². The number of amides is 2. The van der Waals surface area contributed by atoms with Gasteiger partial charge >= 0.3 is 0 Å². The average molecular weight is 288 g/mol. The van der Waals surface area contributed by atoms with Gasteiger partial charge in [-0.2, -0.15) is 0 Å². The highest BCUT2D eigenvalue weighted by atomic mass is 32.2. The molecule has 2 rings (SSSR count). The zero-order chi connectivity index (χ0) is 13.1. The van der Waals surface area contributed by atoms with Crippen molar-refractivity contribution in [2.24, 2.45) is 0 Å². The van der Waals surface area contributed by atoms with Crippen LogP contribution in [0.2, 0.25) is 0 Å². The number of morpholine rings is 1. The lowest BCUT2D eigenvalue weighted by atomic mass is 10.3. The first-order valence-electron chi connectivity index (χ1n) is 5.97. The molecule has 5 nitrogen and oxygen atoms in total. The highest BCUT2D eigenvalue weighted by Crippen LogP contribution is 2.26. The standard InChI is InChI=1S/C11H16N2O3S2/c1-8-10(15)13(11(17)18-8)3-2-9(14)12-4-6-16-7-5-12/h8H,2-7H2,1H3. The normalized spacial score (nSPS) is 24.8. The Morgan fingerprint density at radius 2 is 2.17 bits per heavy atom. The Kier molecular flexibility index (Phi) is 4.58. The second-order valence-corrected chi connectivity index (χ2v) is 6.23. The molecule has 2 saturated heterocycles. The molecule has 18 heavy (non-hydrogen) atoms. The number of nitrogens with zero attached hydrogens (tertiary/aromatic N) is 2. The fourth-order valence-corrected chi connectivity index (χ4v) is 3.41. The van der Waals surface area contributed by atoms with Crippen LogP contribution in [0.1, 0.15) is 13.3 Å². The first kappa shape index (κ1) is 13.8. The third-order valence-electron chi connectivity index (χ3n) is 3.02. The van der Waals surface area contributed by atoms with Gasteiger partial charge < -0.3 is 9.64 Å². The van der Waals surface area contributed by atoms with E-state index < -0.39 is 0 Å². The third kappa shape index (κ3) is 3.02. The van der Waals surface area contributed by atoms with Gasteiger partial charge in [-0.25, -0.2) is 0 Å². The van der Waals surface area contributed by atoms with E-state index in [-0.39, 0.29) is 17.1 Å². The van der Waals surface area contributed by atoms with Crippen molar-refractivity contribution >= 4 is 40.1 Å². The molecule has 0 radical (unpaired) electrons. The summed E-state index contributed by atoms with van der Waals surface area (Å²) in [4.78, 5) is 27.0. The summed E-state index contributed by atoms with van der Waals surface area (Å²) < 4.78 is 5.78. The predicted octanol–water partition coefficient (Wildman–Crippen LogP) is 0.484. The summed E-state index contributed by atoms with van der Waals surface area (Å²) in [5.74, 6) is 0.0817. The van der Waals surface area contributed by atoms with Gasteiger partial charge in [-0.3, -0.25) is 14.5 Å². The third-order valence-corrected chi connectivity index (χ3v) is 4.51. The van der Waals surface area contributed by atoms with Crippen molar-refractivity contribution in [2.45, 2.75) is 18.6 Å². The summed E-state index contributed by atoms with van der Waals surface area (Å²) in [5, 5.41) is -0.115. The van der Waals surface area contributed by atoms with E-state index in [4.69, 9.17) is 17.0 Å². The summed E-state index contributed by atoms with van der Waals surface area (Å²) in [6.45, 7) is 4.71. The van der Waals surface area contributed by atoms with E-state index in [1.54, 1.807) is 9.80 Å². The average Bonchev–Trinajstić information content (AvgIpc) is 2.62. The molecule has 0 aromatic heterocycles. The molecule has 0 saturated carbocycles. The topological polar surface area (TPSA) is 49.9 Å². The first-order valence-corrected chi connectivity index (χ1v) is 7.26. The minimum absolute atomic E-state index is 0.0137. The molecule has 2 fully saturated rings. The molecule has 1 unspecified atom stereocenters. The second kappa shape index (κ2) is 5.99. The van der Waals surface area contributed by atoms with Crippen LogP contribution in [0.3, 0.4) is 0 Å². The van der Waals surface area contributed by atoms with Gasteiger partial charge in [0.15, 0.2) is 0 Å². The lowest BCUT2D eigenvalue weighted by molar-refractivity contribution is -0.135. The fourth-order valence-electron chi connectivity index (χ4n) is 1.95. The molecule has 0 aromatic carbocycles. The Morgan fingerprint density at radius 1 is 1.50 bits per heavy atom. The molecule has 0 aliphatic carbocycles. The van der Waals surface area contributed by atoms with Gasteiger partial charge in [0, 0.05) is 26.1 Å². The summed E-state index contributed by atoms with van der Waals surface area (Å²) in [5.41, 5.74) is 0. The van der Waals surface area contributed by atoms with Crippen molar-refractivity contribution in [2.75, 3.05) is 32.8 Å². The van der Waals surface area contributed by atoms with Crippen LogP contribution < -0.4 is 0 Å². The maximum Gasteiger partial charge on any atom is 0.241 e. The van der Waals surface area contributed by atoms with Crippen molar-refractivity contribution in [1.29, 1.82) is 0 Å². The van der Waals surface area contributed by atoms with E-state index in [0.29, 0.717) is 43.6 Å². The molecule has 2 amide bonds. The number of rotatable bonds is 3. The highest BCUT2D eigenvalue weighted by molar-refractivity contribution is 8.24. The zero-order valence-electron chi connectivity index (χ0n) is 10.3. The van der Waals surface area contributed by atoms with E-state index in [1.807, 2.05) is 6.92 Å². The molecular formula is C11H16N2O3S2. The summed E-state index contributed by atoms with van der Waals surface area (Å²) in [6.07, 6.45) is 0.332. The van der Waals surface area contributed by atoms with Crippen molar-refractivity contribution in [3.8, 4) is 0 Å². The number of carbonyl (C=O) groups excluding carboxylic acids is 2. The molecule has 1 atom stereocenters. The Morgan fingerprint density at radius 3 is 2.72 bits per heavy atom. The minimum Gasteiger partial charge on any atom is -0.378 e. The van der Waals surface area contributed by atoms with Crippen LogP contribution in [0.15, 0.2) is 0 Å². The van der Waals surface area contributed by atoms with Crippen molar-refractivity contribution in [3.05, 3.63) is 0 Å². The Hall–Kier alpha value is -0.660. The summed E-state index contributed by atoms with van der Waals surface area (Å²) in [7, 11) is 0. The molecule has 2 aliphatic heterocycles. The summed E-state index contributed by atoms with van der Waals surface area (Å²) in [6, 6.07) is 0. The fraction of sp³-hybridized carbons (Fsp3) is 0.727. The van der Waals surface area contributed by atoms with Crippen LogP contribution in [-0.4, -0.2) is 64.0 Å². The molecule has 100 valence electrons. The highest BCUT2D eigenvalue weighted by Gasteiger charge is 2.33. The van der Waals surface area contributed by atoms with E-state index in [9.17, 15) is 9.59 Å². The predicted molar refractivity (Wildman–Crippen MR) is 73.4 cm³/mol. The van der Waals surface area contributed by atoms with Crippen LogP contribution in [0.4, 0.5) is 0 Å². The van der Waals surface area contributed by atoms with Gasteiger partial charge in [-0.15, -0.1) is 0 Å². The van der Waals surface area contributed by atoms with E-state index >= 15 is 0 Å². The Balaban J connectivity index is 1.82. The number of hydrogen-bond acceptors (Lipinski definition) is 5. The van der Waals surface area contributed by atoms with Crippen molar-refractivity contribution in [3.63, 3.8) is 0 Å². The Bertz CT molecular complexity index is 369. The second-order valence-electron chi connectivity index (χ2n) is 4.26. The van der Waals surface area contributed by atoms with Gasteiger partial charge in [-0.1, -0.05) is 24.0 Å². The first-order chi connectivity index (χ1) is 8.59. The van der Waals surface area contributed by atoms with Gasteiger partial charge in [0.05, 0.1) is 18.5 Å². The SMILES string of the molecule is CC1SC(=S)N(CCC(=O)N2CCOCC2)C1=O. The monoisotopic (exact) mass is 288 g/mol. The zero-order valence-corrected chi connectivity index (χ0v) is 11.9. The lowest BCUT2D eigenvalue weighted by Crippen LogP contribution is -2.42. The maximum atomic E-state index is 11.9. The maximum absolute atomic E-state index is 11.9. The largest absolute Gasteiger partial charge is 0.378 e. The van der Waals surface area contributed by atoms with E-state index in [0.717, 1.165) is 0 Å². The van der Waals surface area contributed by atoms with Crippen LogP contribution in [0, 0.1) is 0 Å². The molecule has 2 aliphatic rings. The Labute approximate surface area is 116 Å². The van der Waals surface area contributed by atoms with Crippen LogP contribution in [-0.2, 0) is 14.3 Å². The number of thioether (sulfide) groups is 1. The van der Waals surface area contributed by atoms with E-state index in [2.05, 4.69) is 0 Å². The molecule has 0 N–H and O–H groups in total. The molecule has 0 bridgehead atoms. The van der Waals surface area contributed by atoms with Gasteiger partial charge in [0.1, 0.15) is 4.32 Å². The number of thiocarbonyl (C=S) groups is 1. The number of hydrogen-bond donors (Lipinski definition) is 0. The lowest BCUT2D eigenvalue weighted by Gasteiger charge is -2.27. The van der Waals surface area contributed by atoms with Crippen molar-refractivity contribution < 1.29 is 14.3 Å². The number of carbonyl (C=O) groups is 2. The van der Waals surface area contributed by atoms with Crippen molar-refractivity contribution in [1.82, 2.24) is 9.80 Å². The quantitative estimate of drug-likeness (QED) is 0.707. The molecule has 7 heteroatoms. The van der Waals surface area contributed by atoms with Crippen LogP contribution in [0.5, 0.6) is 0 Å². The summed E-state index contributed by atoms with van der Waals surface area (Å²) >= 11 is 6.51.